The molecule has 2 unspecified atom stereocenters. The summed E-state index contributed by atoms with van der Waals surface area (Å²) >= 11 is 0. The van der Waals surface area contributed by atoms with Crippen LogP contribution in [0.4, 0.5) is 28.9 Å². The number of carboxylic acids is 1. The number of anilines is 1. The molecule has 0 bridgehead atoms. The first-order valence-corrected chi connectivity index (χ1v) is 9.64. The lowest BCUT2D eigenvalue weighted by molar-refractivity contribution is -0.138. The first-order chi connectivity index (χ1) is 15.6. The van der Waals surface area contributed by atoms with Gasteiger partial charge in [0.1, 0.15) is 29.7 Å². The van der Waals surface area contributed by atoms with Gasteiger partial charge in [-0.1, -0.05) is 6.07 Å². The summed E-state index contributed by atoms with van der Waals surface area (Å²) in [6, 6.07) is 6.63. The fourth-order valence-electron chi connectivity index (χ4n) is 4.47. The Morgan fingerprint density at radius 1 is 1.24 bits per heavy atom. The van der Waals surface area contributed by atoms with E-state index in [1.807, 2.05) is 0 Å². The van der Waals surface area contributed by atoms with Gasteiger partial charge in [0, 0.05) is 11.6 Å². The number of aliphatic imine (C=N–C) groups is 1. The van der Waals surface area contributed by atoms with Gasteiger partial charge in [0.2, 0.25) is 6.41 Å². The van der Waals surface area contributed by atoms with Gasteiger partial charge in [-0.05, 0) is 24.3 Å². The number of alkyl halides is 3. The molecular formula is C22H16F4N3O4+. The van der Waals surface area contributed by atoms with Gasteiger partial charge in [-0.25, -0.2) is 13.7 Å². The van der Waals surface area contributed by atoms with Crippen molar-refractivity contribution in [1.82, 2.24) is 4.48 Å². The van der Waals surface area contributed by atoms with Gasteiger partial charge in [0.25, 0.3) is 0 Å². The average molecular weight is 462 g/mol. The summed E-state index contributed by atoms with van der Waals surface area (Å²) in [7, 11) is 0. The third-order valence-corrected chi connectivity index (χ3v) is 5.76. The summed E-state index contributed by atoms with van der Waals surface area (Å²) in [6.07, 6.45) is -1.97. The van der Waals surface area contributed by atoms with Crippen molar-refractivity contribution >= 4 is 35.8 Å². The number of ketones is 1. The molecule has 2 aliphatic rings. The van der Waals surface area contributed by atoms with E-state index in [0.29, 0.717) is 29.8 Å². The number of allylic oxidation sites excluding steroid dienone is 1. The molecule has 0 fully saturated rings. The van der Waals surface area contributed by atoms with Crippen LogP contribution in [-0.2, 0) is 27.1 Å². The summed E-state index contributed by atoms with van der Waals surface area (Å²) in [5.41, 5.74) is -0.228. The number of hydrogen-bond acceptors (Lipinski definition) is 4. The first kappa shape index (κ1) is 22.3. The van der Waals surface area contributed by atoms with Crippen LogP contribution in [0.1, 0.15) is 22.6 Å². The van der Waals surface area contributed by atoms with Crippen molar-refractivity contribution < 1.29 is 37.1 Å². The van der Waals surface area contributed by atoms with Crippen LogP contribution in [0.25, 0.3) is 0 Å². The second-order valence-electron chi connectivity index (χ2n) is 7.65. The Morgan fingerprint density at radius 3 is 2.64 bits per heavy atom. The number of aliphatic carboxylic acids is 1. The summed E-state index contributed by atoms with van der Waals surface area (Å²) in [5.74, 6) is -3.90. The summed E-state index contributed by atoms with van der Waals surface area (Å²) in [5, 5.41) is 12.2. The van der Waals surface area contributed by atoms with Gasteiger partial charge >= 0.3 is 12.1 Å². The highest BCUT2D eigenvalue weighted by molar-refractivity contribution is 6.32. The van der Waals surface area contributed by atoms with Gasteiger partial charge in [0.05, 0.1) is 29.2 Å². The standard InChI is InChI=1S/C22H15F4N3O4/c23-14-6-13(22(24,25)26)5-4-12(14)9-29(10-19(32)33)16-3-1-2-15(28-11-30)20(16)21-17(29)7-27-8-18(21)31/h1-8,11,21H,9-10H2,(H-,28,30,32,33)/p+1. The molecule has 4 rings (SSSR count). The van der Waals surface area contributed by atoms with Crippen LogP contribution in [0.2, 0.25) is 0 Å². The maximum atomic E-state index is 14.8. The van der Waals surface area contributed by atoms with Crippen LogP contribution in [0.5, 0.6) is 0 Å². The number of fused-ring (bicyclic) bond motifs is 3. The molecule has 2 aromatic carbocycles. The Balaban J connectivity index is 1.94. The highest BCUT2D eigenvalue weighted by Gasteiger charge is 2.55. The number of benzene rings is 2. The van der Waals surface area contributed by atoms with E-state index in [0.717, 1.165) is 12.3 Å². The molecular weight excluding hydrogens is 446 g/mol. The summed E-state index contributed by atoms with van der Waals surface area (Å²) in [6.45, 7) is -1.03. The normalized spacial score (nSPS) is 21.3. The van der Waals surface area contributed by atoms with Gasteiger partial charge in [0.15, 0.2) is 12.3 Å². The van der Waals surface area contributed by atoms with Crippen LogP contribution >= 0.6 is 0 Å². The predicted molar refractivity (Wildman–Crippen MR) is 110 cm³/mol. The lowest BCUT2D eigenvalue weighted by atomic mass is 9.92. The summed E-state index contributed by atoms with van der Waals surface area (Å²) in [4.78, 5) is 39.7. The number of rotatable bonds is 6. The smallest absolute Gasteiger partial charge is 0.416 e. The minimum absolute atomic E-state index is 0.174. The van der Waals surface area contributed by atoms with E-state index in [2.05, 4.69) is 10.3 Å². The summed E-state index contributed by atoms with van der Waals surface area (Å²) < 4.78 is 53.2. The van der Waals surface area contributed by atoms with Crippen molar-refractivity contribution in [2.45, 2.75) is 18.6 Å². The zero-order chi connectivity index (χ0) is 24.0. The van der Waals surface area contributed by atoms with Crippen LogP contribution in [0.3, 0.4) is 0 Å². The van der Waals surface area contributed by atoms with Crippen LogP contribution in [-0.4, -0.2) is 36.0 Å². The first-order valence-electron chi connectivity index (χ1n) is 9.64. The minimum atomic E-state index is -4.75. The number of carbonyl (C=O) groups excluding carboxylic acids is 2. The van der Waals surface area contributed by atoms with Gasteiger partial charge in [-0.2, -0.15) is 13.2 Å². The molecule has 33 heavy (non-hydrogen) atoms. The Hall–Kier alpha value is -3.86. The van der Waals surface area contributed by atoms with E-state index in [1.165, 1.54) is 18.3 Å². The molecule has 0 aliphatic carbocycles. The third kappa shape index (κ3) is 3.69. The number of Topliss-reactive ketones (excluding diaryl/α,β-unsaturated/α-hetero) is 1. The molecule has 0 spiro atoms. The number of nitrogens with zero attached hydrogens (tertiary/aromatic N) is 2. The van der Waals surface area contributed by atoms with Crippen LogP contribution < -0.4 is 9.80 Å². The van der Waals surface area contributed by atoms with E-state index >= 15 is 0 Å². The highest BCUT2D eigenvalue weighted by Crippen LogP contribution is 2.54. The molecule has 2 N–H and O–H groups in total. The highest BCUT2D eigenvalue weighted by atomic mass is 19.4. The van der Waals surface area contributed by atoms with Crippen molar-refractivity contribution in [3.8, 4) is 0 Å². The molecule has 2 heterocycles. The van der Waals surface area contributed by atoms with Crippen molar-refractivity contribution in [3.05, 3.63) is 70.8 Å². The van der Waals surface area contributed by atoms with E-state index in [9.17, 15) is 37.1 Å². The van der Waals surface area contributed by atoms with E-state index < -0.39 is 46.3 Å². The lowest BCUT2D eigenvalue weighted by Gasteiger charge is -2.35. The molecule has 2 atom stereocenters. The number of carbonyl (C=O) groups is 3. The monoisotopic (exact) mass is 462 g/mol. The number of nitrogens with one attached hydrogen (secondary N) is 1. The van der Waals surface area contributed by atoms with Crippen molar-refractivity contribution in [2.24, 2.45) is 4.99 Å². The maximum Gasteiger partial charge on any atom is 0.416 e. The largest absolute Gasteiger partial charge is 0.477 e. The molecule has 0 saturated carbocycles. The molecule has 7 nitrogen and oxygen atoms in total. The number of quaternary nitrogens is 1. The molecule has 0 aromatic heterocycles. The Labute approximate surface area is 184 Å². The molecule has 170 valence electrons. The minimum Gasteiger partial charge on any atom is -0.477 e. The van der Waals surface area contributed by atoms with E-state index in [-0.39, 0.29) is 23.5 Å². The number of carboxylic acid groups (broad SMARTS) is 1. The van der Waals surface area contributed by atoms with Gasteiger partial charge < -0.3 is 10.4 Å². The third-order valence-electron chi connectivity index (χ3n) is 5.76. The maximum absolute atomic E-state index is 14.8. The molecule has 0 radical (unpaired) electrons. The van der Waals surface area contributed by atoms with Gasteiger partial charge in [-0.3, -0.25) is 14.6 Å². The number of hydrogen-bond donors (Lipinski definition) is 2. The fourth-order valence-corrected chi connectivity index (χ4v) is 4.47. The Morgan fingerprint density at radius 2 is 2.00 bits per heavy atom. The molecule has 0 saturated heterocycles. The van der Waals surface area contributed by atoms with Crippen LogP contribution in [0, 0.1) is 5.82 Å². The number of amides is 1. The second kappa shape index (κ2) is 7.93. The predicted octanol–water partition coefficient (Wildman–Crippen LogP) is 3.60. The number of halogens is 4. The van der Waals surface area contributed by atoms with Crippen molar-refractivity contribution in [1.29, 1.82) is 0 Å². The van der Waals surface area contributed by atoms with Crippen molar-refractivity contribution in [2.75, 3.05) is 11.9 Å². The Bertz CT molecular complexity index is 1240. The SMILES string of the molecule is O=CNc1cccc2c1C1C(=O)C=NC=C1[N+]2(CC(=O)O)Cc1ccc(C(F)(F)F)cc1F. The zero-order valence-corrected chi connectivity index (χ0v) is 16.8. The van der Waals surface area contributed by atoms with E-state index in [1.54, 1.807) is 6.07 Å². The second-order valence-corrected chi connectivity index (χ2v) is 7.65. The van der Waals surface area contributed by atoms with Gasteiger partial charge in [-0.15, -0.1) is 0 Å². The average Bonchev–Trinajstić information content (AvgIpc) is 3.00. The quantitative estimate of drug-likeness (QED) is 0.390. The molecule has 1 amide bonds. The molecule has 2 aromatic rings. The topological polar surface area (TPSA) is 95.8 Å². The van der Waals surface area contributed by atoms with Crippen molar-refractivity contribution in [3.63, 3.8) is 0 Å². The molecule has 2 aliphatic heterocycles. The van der Waals surface area contributed by atoms with Crippen LogP contribution in [0.15, 0.2) is 53.3 Å². The van der Waals surface area contributed by atoms with E-state index in [4.69, 9.17) is 0 Å². The Kier molecular flexibility index (Phi) is 5.36. The lowest BCUT2D eigenvalue weighted by Crippen LogP contribution is -2.50. The molecule has 11 heteroatoms. The zero-order valence-electron chi connectivity index (χ0n) is 16.8. The fraction of sp³-hybridized carbons (Fsp3) is 0.182.